The molecule has 0 bridgehead atoms. The van der Waals surface area contributed by atoms with Gasteiger partial charge in [0.2, 0.25) is 11.7 Å². The number of hydrogen-bond acceptors (Lipinski definition) is 10. The number of hydrogen-bond donors (Lipinski definition) is 6. The van der Waals surface area contributed by atoms with Gasteiger partial charge in [0.05, 0.1) is 17.3 Å². The molecule has 1 saturated carbocycles. The number of phenolic OH excluding ortho intramolecular Hbond substituents is 1. The molecule has 4 rings (SSSR count). The molecule has 38 heavy (non-hydrogen) atoms. The van der Waals surface area contributed by atoms with E-state index in [9.17, 15) is 39.6 Å². The number of benzene rings is 1. The lowest BCUT2D eigenvalue weighted by Crippen LogP contribution is -2.65. The minimum atomic E-state index is -2.73. The summed E-state index contributed by atoms with van der Waals surface area (Å²) in [6.07, 6.45) is 0.101. The third-order valence-corrected chi connectivity index (χ3v) is 7.82. The summed E-state index contributed by atoms with van der Waals surface area (Å²) in [7, 11) is 6.51. The number of nitrogens with two attached hydrogens (primary N) is 1. The van der Waals surface area contributed by atoms with Crippen LogP contribution < -0.4 is 16.0 Å². The van der Waals surface area contributed by atoms with Crippen LogP contribution in [0.1, 0.15) is 17.5 Å². The smallest absolute Gasteiger partial charge is 0.255 e. The highest BCUT2D eigenvalue weighted by atomic mass is 35.5. The van der Waals surface area contributed by atoms with Crippen molar-refractivity contribution in [1.82, 2.24) is 4.90 Å². The zero-order valence-corrected chi connectivity index (χ0v) is 22.0. The number of halogens is 1. The summed E-state index contributed by atoms with van der Waals surface area (Å²) in [5, 5.41) is 47.4. The summed E-state index contributed by atoms with van der Waals surface area (Å²) < 4.78 is 0. The second kappa shape index (κ2) is 9.29. The predicted octanol–water partition coefficient (Wildman–Crippen LogP) is 0.207. The molecule has 0 radical (unpaired) electrons. The molecule has 0 spiro atoms. The molecule has 0 aromatic heterocycles. The van der Waals surface area contributed by atoms with Crippen molar-refractivity contribution in [1.29, 1.82) is 0 Å². The number of primary amides is 1. The van der Waals surface area contributed by atoms with Crippen molar-refractivity contribution < 1.29 is 39.6 Å². The van der Waals surface area contributed by atoms with Crippen LogP contribution >= 0.6 is 11.6 Å². The largest absolute Gasteiger partial charge is 0.508 e. The lowest BCUT2D eigenvalue weighted by Gasteiger charge is -2.50. The molecule has 7 N–H and O–H groups in total. The van der Waals surface area contributed by atoms with E-state index in [1.165, 1.54) is 25.1 Å². The standard InChI is InChI=1S/C25H29ClN4O8/c1-29(2)13-7-12(28-14(31)8-26)19(32)16-10(13)5-9-6-11-18(30(3)4)21(34)17(24(27)37)23(36)25(11,38)22(35)15(9)20(16)33/h7,9,11,18,32-33,36,38H,5-6,8H2,1-4H3,(H2,27,37)(H,28,31)/t9?,11?,18-,25-/m0/s1. The number of aromatic hydroxyl groups is 1. The van der Waals surface area contributed by atoms with E-state index in [2.05, 4.69) is 5.32 Å². The number of aliphatic hydroxyl groups excluding tert-OH is 2. The summed E-state index contributed by atoms with van der Waals surface area (Å²) in [5.41, 5.74) is 2.27. The maximum absolute atomic E-state index is 13.9. The summed E-state index contributed by atoms with van der Waals surface area (Å²) in [5.74, 6) is -8.44. The SMILES string of the molecule is CN(C)c1cc(NC(=O)CCl)c(O)c2c1CC1CC3[C@H](N(C)C)C(=O)C(C(N)=O)=C(O)[C@@]3(O)C(=O)C1=C2O. The van der Waals surface area contributed by atoms with Gasteiger partial charge in [-0.2, -0.15) is 0 Å². The minimum absolute atomic E-state index is 0.0237. The maximum Gasteiger partial charge on any atom is 0.255 e. The Labute approximate surface area is 223 Å². The lowest BCUT2D eigenvalue weighted by molar-refractivity contribution is -0.153. The first kappa shape index (κ1) is 27.4. The molecular weight excluding hydrogens is 520 g/mol. The Bertz CT molecular complexity index is 1350. The Morgan fingerprint density at radius 1 is 1.18 bits per heavy atom. The Kier molecular flexibility index (Phi) is 6.71. The van der Waals surface area contributed by atoms with Crippen molar-refractivity contribution in [3.63, 3.8) is 0 Å². The number of carbonyl (C=O) groups excluding carboxylic acids is 4. The van der Waals surface area contributed by atoms with Gasteiger partial charge in [-0.05, 0) is 44.5 Å². The van der Waals surface area contributed by atoms with Crippen LogP contribution in [-0.2, 0) is 25.6 Å². The van der Waals surface area contributed by atoms with E-state index in [-0.39, 0.29) is 29.7 Å². The van der Waals surface area contributed by atoms with E-state index >= 15 is 0 Å². The van der Waals surface area contributed by atoms with Crippen LogP contribution in [0.5, 0.6) is 5.75 Å². The fourth-order valence-electron chi connectivity index (χ4n) is 5.97. The van der Waals surface area contributed by atoms with Crippen LogP contribution in [0.4, 0.5) is 11.4 Å². The molecule has 2 unspecified atom stereocenters. The fourth-order valence-corrected chi connectivity index (χ4v) is 6.04. The number of likely N-dealkylation sites (N-methyl/N-ethyl adjacent to an activating group) is 1. The molecule has 1 fully saturated rings. The van der Waals surface area contributed by atoms with Gasteiger partial charge in [0.1, 0.15) is 28.7 Å². The van der Waals surface area contributed by atoms with Crippen LogP contribution in [0.2, 0.25) is 0 Å². The Morgan fingerprint density at radius 3 is 2.34 bits per heavy atom. The van der Waals surface area contributed by atoms with Crippen LogP contribution in [0.25, 0.3) is 5.76 Å². The number of fused-ring (bicyclic) bond motifs is 3. The molecule has 204 valence electrons. The van der Waals surface area contributed by atoms with Crippen molar-refractivity contribution in [2.45, 2.75) is 24.5 Å². The molecule has 13 heteroatoms. The normalized spacial score (nSPS) is 26.7. The molecule has 0 aliphatic heterocycles. The molecule has 1 aromatic carbocycles. The van der Waals surface area contributed by atoms with Gasteiger partial charge in [-0.3, -0.25) is 24.1 Å². The number of anilines is 2. The predicted molar refractivity (Wildman–Crippen MR) is 138 cm³/mol. The van der Waals surface area contributed by atoms with E-state index in [0.29, 0.717) is 11.3 Å². The van der Waals surface area contributed by atoms with Gasteiger partial charge in [-0.25, -0.2) is 0 Å². The second-order valence-corrected chi connectivity index (χ2v) is 10.5. The maximum atomic E-state index is 13.9. The number of Topliss-reactive ketones (excluding diaryl/α,β-unsaturated/α-hetero) is 2. The van der Waals surface area contributed by atoms with Gasteiger partial charge < -0.3 is 36.4 Å². The van der Waals surface area contributed by atoms with Gasteiger partial charge in [0, 0.05) is 31.3 Å². The summed E-state index contributed by atoms with van der Waals surface area (Å²) >= 11 is 5.59. The van der Waals surface area contributed by atoms with Crippen LogP contribution in [0, 0.1) is 11.8 Å². The minimum Gasteiger partial charge on any atom is -0.508 e. The Hall–Kier alpha value is -3.61. The molecule has 2 amide bonds. The third kappa shape index (κ3) is 3.74. The number of rotatable bonds is 5. The van der Waals surface area contributed by atoms with E-state index < -0.39 is 75.6 Å². The zero-order valence-electron chi connectivity index (χ0n) is 21.2. The summed E-state index contributed by atoms with van der Waals surface area (Å²) in [4.78, 5) is 54.2. The first-order valence-corrected chi connectivity index (χ1v) is 12.3. The highest BCUT2D eigenvalue weighted by molar-refractivity contribution is 6.29. The van der Waals surface area contributed by atoms with E-state index in [4.69, 9.17) is 17.3 Å². The van der Waals surface area contributed by atoms with E-state index in [1.54, 1.807) is 19.0 Å². The molecule has 4 atom stereocenters. The highest BCUT2D eigenvalue weighted by Crippen LogP contribution is 2.54. The van der Waals surface area contributed by atoms with Crippen molar-refractivity contribution in [3.8, 4) is 5.75 Å². The molecule has 12 nitrogen and oxygen atoms in total. The van der Waals surface area contributed by atoms with E-state index in [1.807, 2.05) is 0 Å². The number of aliphatic hydroxyl groups is 3. The molecular formula is C25H29ClN4O8. The highest BCUT2D eigenvalue weighted by Gasteiger charge is 2.64. The number of alkyl halides is 1. The number of amides is 2. The average Bonchev–Trinajstić information content (AvgIpc) is 2.82. The summed E-state index contributed by atoms with van der Waals surface area (Å²) in [6.45, 7) is 0. The first-order chi connectivity index (χ1) is 17.7. The van der Waals surface area contributed by atoms with Crippen molar-refractivity contribution >= 4 is 52.1 Å². The zero-order chi connectivity index (χ0) is 28.4. The van der Waals surface area contributed by atoms with Crippen LogP contribution in [-0.4, -0.2) is 94.4 Å². The first-order valence-electron chi connectivity index (χ1n) is 11.7. The molecule has 0 saturated heterocycles. The van der Waals surface area contributed by atoms with Crippen LogP contribution in [0.15, 0.2) is 23.0 Å². The Balaban J connectivity index is 1.99. The number of carbonyl (C=O) groups is 4. The molecule has 1 aromatic rings. The van der Waals surface area contributed by atoms with Crippen molar-refractivity contribution in [2.75, 3.05) is 44.3 Å². The Morgan fingerprint density at radius 2 is 1.82 bits per heavy atom. The molecule has 3 aliphatic carbocycles. The monoisotopic (exact) mass is 548 g/mol. The van der Waals surface area contributed by atoms with Crippen molar-refractivity contribution in [3.05, 3.63) is 34.1 Å². The van der Waals surface area contributed by atoms with E-state index in [0.717, 1.165) is 0 Å². The fraction of sp³-hybridized carbons (Fsp3) is 0.440. The van der Waals surface area contributed by atoms with Crippen LogP contribution in [0.3, 0.4) is 0 Å². The molecule has 3 aliphatic rings. The average molecular weight is 549 g/mol. The van der Waals surface area contributed by atoms with Gasteiger partial charge in [-0.1, -0.05) is 0 Å². The van der Waals surface area contributed by atoms with Gasteiger partial charge >= 0.3 is 0 Å². The number of phenols is 1. The van der Waals surface area contributed by atoms with Crippen molar-refractivity contribution in [2.24, 2.45) is 17.6 Å². The number of ketones is 2. The van der Waals surface area contributed by atoms with Gasteiger partial charge in [0.15, 0.2) is 11.4 Å². The van der Waals surface area contributed by atoms with Gasteiger partial charge in [0.25, 0.3) is 5.91 Å². The number of nitrogens with zero attached hydrogens (tertiary/aromatic N) is 2. The second-order valence-electron chi connectivity index (χ2n) is 10.2. The number of nitrogens with one attached hydrogen (secondary N) is 1. The summed E-state index contributed by atoms with van der Waals surface area (Å²) in [6, 6.07) is 0.348. The van der Waals surface area contributed by atoms with Gasteiger partial charge in [-0.15, -0.1) is 11.6 Å². The third-order valence-electron chi connectivity index (χ3n) is 7.57. The topological polar surface area (TPSA) is 194 Å². The quantitative estimate of drug-likeness (QED) is 0.168. The lowest BCUT2D eigenvalue weighted by atomic mass is 9.57. The molecule has 0 heterocycles.